The first-order chi connectivity index (χ1) is 27.1. The van der Waals surface area contributed by atoms with Crippen LogP contribution in [0.3, 0.4) is 0 Å². The fraction of sp³-hybridized carbons (Fsp3) is 0.698. The van der Waals surface area contributed by atoms with Gasteiger partial charge in [0.05, 0.1) is 22.8 Å². The molecule has 0 aliphatic rings. The quantitative estimate of drug-likeness (QED) is 0.0376. The van der Waals surface area contributed by atoms with Gasteiger partial charge < -0.3 is 0 Å². The van der Waals surface area contributed by atoms with Crippen LogP contribution in [0.2, 0.25) is 0 Å². The fourth-order valence-corrected chi connectivity index (χ4v) is 8.03. The van der Waals surface area contributed by atoms with E-state index in [-0.39, 0.29) is 16.5 Å². The van der Waals surface area contributed by atoms with E-state index in [9.17, 15) is 0 Å². The normalized spacial score (nSPS) is 12.2. The first-order valence-electron chi connectivity index (χ1n) is 24.2. The van der Waals surface area contributed by atoms with Crippen molar-refractivity contribution >= 4 is 22.8 Å². The van der Waals surface area contributed by atoms with Crippen LogP contribution in [0.25, 0.3) is 0 Å². The number of nitrogens with zero attached hydrogens (tertiary/aromatic N) is 2. The fourth-order valence-electron chi connectivity index (χ4n) is 8.03. The Labute approximate surface area is 359 Å². The van der Waals surface area contributed by atoms with Crippen molar-refractivity contribution in [3.8, 4) is 0 Å². The summed E-state index contributed by atoms with van der Waals surface area (Å²) in [7, 11) is 0. The minimum atomic E-state index is 0. The van der Waals surface area contributed by atoms with Crippen LogP contribution in [0.1, 0.15) is 237 Å². The molecule has 0 heterocycles. The average Bonchev–Trinajstić information content (AvgIpc) is 3.18. The molecular weight excluding hydrogens is 723 g/mol. The third kappa shape index (κ3) is 24.1. The van der Waals surface area contributed by atoms with Gasteiger partial charge in [-0.3, -0.25) is 4.99 Å². The zero-order valence-corrected chi connectivity index (χ0v) is 38.7. The van der Waals surface area contributed by atoms with Gasteiger partial charge in [-0.15, -0.1) is 0 Å². The summed E-state index contributed by atoms with van der Waals surface area (Å²) in [5.41, 5.74) is 10.3. The zero-order valence-electron chi connectivity index (χ0n) is 37.7. The van der Waals surface area contributed by atoms with Crippen LogP contribution in [-0.2, 0) is 42.2 Å². The Morgan fingerprint density at radius 3 is 1.21 bits per heavy atom. The summed E-state index contributed by atoms with van der Waals surface area (Å²) >= 11 is 0. The van der Waals surface area contributed by atoms with E-state index in [0.29, 0.717) is 0 Å². The molecule has 0 amide bonds. The van der Waals surface area contributed by atoms with Crippen molar-refractivity contribution in [3.05, 3.63) is 70.8 Å². The summed E-state index contributed by atoms with van der Waals surface area (Å²) in [5.74, 6) is 0. The van der Waals surface area contributed by atoms with Crippen molar-refractivity contribution in [3.63, 3.8) is 0 Å². The van der Waals surface area contributed by atoms with Gasteiger partial charge in [-0.1, -0.05) is 207 Å². The van der Waals surface area contributed by atoms with Crippen LogP contribution in [-0.4, -0.2) is 11.4 Å². The molecule has 0 aliphatic heterocycles. The molecule has 2 aromatic rings. The van der Waals surface area contributed by atoms with Crippen molar-refractivity contribution < 1.29 is 16.5 Å². The molecule has 0 unspecified atom stereocenters. The summed E-state index contributed by atoms with van der Waals surface area (Å²) in [4.78, 5) is 10.9. The van der Waals surface area contributed by atoms with Gasteiger partial charge in [0.25, 0.3) is 0 Å². The van der Waals surface area contributed by atoms with E-state index in [1.54, 1.807) is 0 Å². The smallest absolute Gasteiger partial charge is 0.0848 e. The van der Waals surface area contributed by atoms with Gasteiger partial charge in [0.2, 0.25) is 0 Å². The first-order valence-corrected chi connectivity index (χ1v) is 24.2. The van der Waals surface area contributed by atoms with Gasteiger partial charge in [0.15, 0.2) is 0 Å². The molecule has 0 radical (unpaired) electrons. The second kappa shape index (κ2) is 36.1. The molecule has 320 valence electrons. The van der Waals surface area contributed by atoms with Crippen molar-refractivity contribution in [1.82, 2.24) is 0 Å². The Bertz CT molecular complexity index is 1320. The van der Waals surface area contributed by atoms with Gasteiger partial charge in [0.1, 0.15) is 0 Å². The van der Waals surface area contributed by atoms with Crippen LogP contribution in [0, 0.1) is 0 Å². The number of aryl methyl sites for hydroxylation is 4. The van der Waals surface area contributed by atoms with E-state index in [1.165, 1.54) is 164 Å². The monoisotopic (exact) mass is 811 g/mol. The predicted octanol–water partition coefficient (Wildman–Crippen LogP) is 17.9. The largest absolute Gasteiger partial charge is 0.251 e. The van der Waals surface area contributed by atoms with Gasteiger partial charge in [-0.2, -0.15) is 0 Å². The Morgan fingerprint density at radius 2 is 0.786 bits per heavy atom. The van der Waals surface area contributed by atoms with Crippen LogP contribution < -0.4 is 0 Å². The second-order valence-corrected chi connectivity index (χ2v) is 16.6. The molecule has 0 N–H and O–H groups in total. The standard InChI is InChI=1S/C53H88N2.Ni/c1-7-13-15-17-18-19-20-21-22-23-24-25-26-27-28-29-30-31-33-39-53(55-51-43-41-47(35-10-4)49(45-51)37-12-6)52(38-32-16-14-8-2)54-50-42-40-46(34-9-3)48(44-50)36-11-5;/h33,39-45H,7-32,34-38H2,1-6H3;/b39-33+,54-52+,55-53+;. The van der Waals surface area contributed by atoms with Crippen molar-refractivity contribution in [2.45, 2.75) is 241 Å². The summed E-state index contributed by atoms with van der Waals surface area (Å²) in [6, 6.07) is 13.9. The molecule has 2 aromatic carbocycles. The maximum atomic E-state index is 5.44. The third-order valence-electron chi connectivity index (χ3n) is 11.3. The predicted molar refractivity (Wildman–Crippen MR) is 250 cm³/mol. The number of rotatable bonds is 35. The van der Waals surface area contributed by atoms with E-state index >= 15 is 0 Å². The molecular formula is C53H88N2Ni. The molecule has 0 aliphatic carbocycles. The summed E-state index contributed by atoms with van der Waals surface area (Å²) in [6.45, 7) is 13.8. The van der Waals surface area contributed by atoms with Gasteiger partial charge in [-0.25, -0.2) is 4.99 Å². The molecule has 56 heavy (non-hydrogen) atoms. The minimum Gasteiger partial charge on any atom is -0.251 e. The number of benzene rings is 2. The Kier molecular flexibility index (Phi) is 33.6. The number of aliphatic imine (C=N–C) groups is 2. The SMILES string of the molecule is CCCCCCCCCCCCCCCCCCC/C=C/C(=N\c1ccc(CCC)c(CCC)c1)C(/CCCCCC)=N/c1ccc(CCC)c(CCC)c1.[Ni]. The maximum Gasteiger partial charge on any atom is 0.0848 e. The molecule has 2 nitrogen and oxygen atoms in total. The van der Waals surface area contributed by atoms with E-state index in [2.05, 4.69) is 90.1 Å². The molecule has 3 heteroatoms. The van der Waals surface area contributed by atoms with Crippen LogP contribution in [0.4, 0.5) is 11.4 Å². The summed E-state index contributed by atoms with van der Waals surface area (Å²) in [5, 5.41) is 0. The molecule has 0 saturated heterocycles. The first kappa shape index (κ1) is 52.0. The molecule has 0 saturated carbocycles. The molecule has 2 rings (SSSR count). The Balaban J connectivity index is 0.0000157. The topological polar surface area (TPSA) is 24.7 Å². The van der Waals surface area contributed by atoms with E-state index in [0.717, 1.165) is 80.6 Å². The summed E-state index contributed by atoms with van der Waals surface area (Å²) in [6.07, 6.45) is 45.0. The number of hydrogen-bond acceptors (Lipinski definition) is 2. The molecule has 0 fully saturated rings. The van der Waals surface area contributed by atoms with Crippen LogP contribution >= 0.6 is 0 Å². The zero-order chi connectivity index (χ0) is 39.6. The minimum absolute atomic E-state index is 0. The second-order valence-electron chi connectivity index (χ2n) is 16.6. The Morgan fingerprint density at radius 1 is 0.411 bits per heavy atom. The number of unbranched alkanes of at least 4 members (excludes halogenated alkanes) is 20. The third-order valence-corrected chi connectivity index (χ3v) is 11.3. The molecule has 0 spiro atoms. The van der Waals surface area contributed by atoms with E-state index in [4.69, 9.17) is 9.98 Å². The average molecular weight is 812 g/mol. The molecule has 0 atom stereocenters. The Hall–Kier alpha value is -1.99. The number of hydrogen-bond donors (Lipinski definition) is 0. The summed E-state index contributed by atoms with van der Waals surface area (Å²) < 4.78 is 0. The van der Waals surface area contributed by atoms with Crippen LogP contribution in [0.15, 0.2) is 58.5 Å². The van der Waals surface area contributed by atoms with E-state index in [1.807, 2.05) is 0 Å². The van der Waals surface area contributed by atoms with Gasteiger partial charge in [0, 0.05) is 16.5 Å². The van der Waals surface area contributed by atoms with E-state index < -0.39 is 0 Å². The van der Waals surface area contributed by atoms with Crippen molar-refractivity contribution in [2.24, 2.45) is 9.98 Å². The van der Waals surface area contributed by atoms with Crippen LogP contribution in [0.5, 0.6) is 0 Å². The molecule has 0 aromatic heterocycles. The van der Waals surface area contributed by atoms with Gasteiger partial charge >= 0.3 is 0 Å². The molecule has 0 bridgehead atoms. The van der Waals surface area contributed by atoms with Gasteiger partial charge in [-0.05, 0) is 104 Å². The van der Waals surface area contributed by atoms with Crippen molar-refractivity contribution in [1.29, 1.82) is 0 Å². The maximum absolute atomic E-state index is 5.44. The number of allylic oxidation sites excluding steroid dienone is 2. The van der Waals surface area contributed by atoms with Crippen molar-refractivity contribution in [2.75, 3.05) is 0 Å².